The van der Waals surface area contributed by atoms with Gasteiger partial charge in [0.15, 0.2) is 0 Å². The van der Waals surface area contributed by atoms with E-state index in [2.05, 4.69) is 0 Å². The first-order chi connectivity index (χ1) is 10.6. The van der Waals surface area contributed by atoms with Gasteiger partial charge in [0.1, 0.15) is 0 Å². The molecule has 3 rings (SSSR count). The molecule has 22 heavy (non-hydrogen) atoms. The Bertz CT molecular complexity index is 859. The molecule has 0 amide bonds. The normalized spacial score (nSPS) is 12.3. The van der Waals surface area contributed by atoms with Crippen LogP contribution in [0.5, 0.6) is 0 Å². The fourth-order valence-electron chi connectivity index (χ4n) is 2.64. The lowest BCUT2D eigenvalue weighted by Gasteiger charge is -2.16. The highest BCUT2D eigenvalue weighted by molar-refractivity contribution is 6.58. The van der Waals surface area contributed by atoms with Gasteiger partial charge in [0, 0.05) is 11.6 Å². The molecule has 110 valence electrons. The van der Waals surface area contributed by atoms with Crippen LogP contribution in [0.25, 0.3) is 10.8 Å². The lowest BCUT2D eigenvalue weighted by atomic mass is 9.79. The number of aromatic nitrogens is 1. The predicted octanol–water partition coefficient (Wildman–Crippen LogP) is 1.29. The molecule has 0 saturated carbocycles. The van der Waals surface area contributed by atoms with Crippen molar-refractivity contribution >= 4 is 23.4 Å². The van der Waals surface area contributed by atoms with Gasteiger partial charge in [-0.3, -0.25) is 4.79 Å². The quantitative estimate of drug-likeness (QED) is 0.715. The molecule has 0 spiro atoms. The van der Waals surface area contributed by atoms with Crippen molar-refractivity contribution in [1.82, 2.24) is 4.57 Å². The standard InChI is InChI=1S/C17H16BNO3/c1-12(13-5-3-2-4-6-13)19-10-9-14-11-15(18(21)22)7-8-16(14)17(19)20/h2-12,21-22H,1H3. The molecule has 0 fully saturated rings. The van der Waals surface area contributed by atoms with Crippen LogP contribution in [0.3, 0.4) is 0 Å². The Hall–Kier alpha value is -2.37. The fourth-order valence-corrected chi connectivity index (χ4v) is 2.64. The van der Waals surface area contributed by atoms with E-state index in [1.54, 1.807) is 29.0 Å². The zero-order chi connectivity index (χ0) is 15.7. The van der Waals surface area contributed by atoms with E-state index >= 15 is 0 Å². The summed E-state index contributed by atoms with van der Waals surface area (Å²) in [6.45, 7) is 1.98. The van der Waals surface area contributed by atoms with Crippen molar-refractivity contribution in [3.05, 3.63) is 76.7 Å². The van der Waals surface area contributed by atoms with Crippen molar-refractivity contribution in [3.8, 4) is 0 Å². The molecule has 0 radical (unpaired) electrons. The van der Waals surface area contributed by atoms with Gasteiger partial charge >= 0.3 is 7.12 Å². The first kappa shape index (κ1) is 14.6. The second kappa shape index (κ2) is 5.79. The Kier molecular flexibility index (Phi) is 3.83. The summed E-state index contributed by atoms with van der Waals surface area (Å²) in [4.78, 5) is 12.7. The van der Waals surface area contributed by atoms with Gasteiger partial charge in [0.25, 0.3) is 5.56 Å². The molecular formula is C17H16BNO3. The molecule has 0 bridgehead atoms. The van der Waals surface area contributed by atoms with Gasteiger partial charge in [-0.25, -0.2) is 0 Å². The lowest BCUT2D eigenvalue weighted by Crippen LogP contribution is -2.30. The molecule has 4 nitrogen and oxygen atoms in total. The van der Waals surface area contributed by atoms with E-state index in [-0.39, 0.29) is 11.6 Å². The summed E-state index contributed by atoms with van der Waals surface area (Å²) in [5.74, 6) is 0. The Balaban J connectivity index is 2.11. The zero-order valence-electron chi connectivity index (χ0n) is 12.2. The maximum absolute atomic E-state index is 12.7. The third-order valence-corrected chi connectivity index (χ3v) is 3.95. The van der Waals surface area contributed by atoms with Crippen LogP contribution in [0.2, 0.25) is 0 Å². The first-order valence-corrected chi connectivity index (χ1v) is 7.14. The van der Waals surface area contributed by atoms with Gasteiger partial charge in [-0.05, 0) is 35.5 Å². The summed E-state index contributed by atoms with van der Waals surface area (Å²) in [6.07, 6.45) is 1.75. The van der Waals surface area contributed by atoms with Gasteiger partial charge in [-0.15, -0.1) is 0 Å². The second-order valence-electron chi connectivity index (χ2n) is 5.34. The molecular weight excluding hydrogens is 277 g/mol. The molecule has 0 saturated heterocycles. The maximum Gasteiger partial charge on any atom is 0.488 e. The molecule has 1 atom stereocenters. The summed E-state index contributed by atoms with van der Waals surface area (Å²) in [5, 5.41) is 19.7. The van der Waals surface area contributed by atoms with Crippen LogP contribution >= 0.6 is 0 Å². The fraction of sp³-hybridized carbons (Fsp3) is 0.118. The van der Waals surface area contributed by atoms with Gasteiger partial charge in [-0.1, -0.05) is 42.5 Å². The summed E-state index contributed by atoms with van der Waals surface area (Å²) >= 11 is 0. The number of rotatable bonds is 3. The third kappa shape index (κ3) is 2.56. The highest BCUT2D eigenvalue weighted by Gasteiger charge is 2.14. The minimum Gasteiger partial charge on any atom is -0.423 e. The third-order valence-electron chi connectivity index (χ3n) is 3.95. The topological polar surface area (TPSA) is 62.5 Å². The Morgan fingerprint density at radius 1 is 1.05 bits per heavy atom. The molecule has 2 aromatic carbocycles. The Morgan fingerprint density at radius 2 is 1.77 bits per heavy atom. The van der Waals surface area contributed by atoms with E-state index in [1.165, 1.54) is 0 Å². The van der Waals surface area contributed by atoms with Crippen LogP contribution in [0, 0.1) is 0 Å². The minimum absolute atomic E-state index is 0.0683. The minimum atomic E-state index is -1.53. The number of pyridine rings is 1. The van der Waals surface area contributed by atoms with E-state index in [0.717, 1.165) is 5.56 Å². The van der Waals surface area contributed by atoms with Crippen LogP contribution in [0.15, 0.2) is 65.6 Å². The van der Waals surface area contributed by atoms with Crippen LogP contribution in [-0.4, -0.2) is 21.7 Å². The highest BCUT2D eigenvalue weighted by Crippen LogP contribution is 2.17. The molecule has 1 unspecified atom stereocenters. The zero-order valence-corrected chi connectivity index (χ0v) is 12.2. The predicted molar refractivity (Wildman–Crippen MR) is 88.3 cm³/mol. The summed E-state index contributed by atoms with van der Waals surface area (Å²) in [5.41, 5.74) is 1.35. The molecule has 1 aromatic heterocycles. The molecule has 0 aliphatic rings. The summed E-state index contributed by atoms with van der Waals surface area (Å²) in [6, 6.07) is 16.4. The number of hydrogen-bond acceptors (Lipinski definition) is 3. The molecule has 3 aromatic rings. The largest absolute Gasteiger partial charge is 0.488 e. The van der Waals surface area contributed by atoms with Crippen LogP contribution < -0.4 is 11.0 Å². The lowest BCUT2D eigenvalue weighted by molar-refractivity contribution is 0.426. The van der Waals surface area contributed by atoms with E-state index in [0.29, 0.717) is 16.2 Å². The second-order valence-corrected chi connectivity index (χ2v) is 5.34. The molecule has 2 N–H and O–H groups in total. The van der Waals surface area contributed by atoms with Gasteiger partial charge in [0.05, 0.1) is 6.04 Å². The van der Waals surface area contributed by atoms with Crippen molar-refractivity contribution in [1.29, 1.82) is 0 Å². The molecule has 1 heterocycles. The van der Waals surface area contributed by atoms with E-state index < -0.39 is 7.12 Å². The van der Waals surface area contributed by atoms with Crippen LogP contribution in [0.4, 0.5) is 0 Å². The van der Waals surface area contributed by atoms with Crippen molar-refractivity contribution in [2.45, 2.75) is 13.0 Å². The SMILES string of the molecule is CC(c1ccccc1)n1ccc2cc(B(O)O)ccc2c1=O. The highest BCUT2D eigenvalue weighted by atomic mass is 16.4. The van der Waals surface area contributed by atoms with Gasteiger partial charge in [0.2, 0.25) is 0 Å². The molecule has 0 aliphatic heterocycles. The van der Waals surface area contributed by atoms with Crippen molar-refractivity contribution in [2.75, 3.05) is 0 Å². The number of benzene rings is 2. The van der Waals surface area contributed by atoms with Crippen molar-refractivity contribution < 1.29 is 10.0 Å². The first-order valence-electron chi connectivity index (χ1n) is 7.14. The Morgan fingerprint density at radius 3 is 2.45 bits per heavy atom. The summed E-state index contributed by atoms with van der Waals surface area (Å²) in [7, 11) is -1.53. The Labute approximate surface area is 128 Å². The van der Waals surface area contributed by atoms with Crippen molar-refractivity contribution in [2.24, 2.45) is 0 Å². The van der Waals surface area contributed by atoms with E-state index in [1.807, 2.05) is 43.3 Å². The summed E-state index contributed by atoms with van der Waals surface area (Å²) < 4.78 is 1.69. The number of hydrogen-bond donors (Lipinski definition) is 2. The van der Waals surface area contributed by atoms with E-state index in [4.69, 9.17) is 0 Å². The maximum atomic E-state index is 12.7. The number of fused-ring (bicyclic) bond motifs is 1. The number of nitrogens with zero attached hydrogens (tertiary/aromatic N) is 1. The van der Waals surface area contributed by atoms with E-state index in [9.17, 15) is 14.8 Å². The van der Waals surface area contributed by atoms with Gasteiger partial charge < -0.3 is 14.6 Å². The average molecular weight is 293 g/mol. The van der Waals surface area contributed by atoms with Crippen LogP contribution in [-0.2, 0) is 0 Å². The monoisotopic (exact) mass is 293 g/mol. The molecule has 5 heteroatoms. The van der Waals surface area contributed by atoms with Crippen molar-refractivity contribution in [3.63, 3.8) is 0 Å². The van der Waals surface area contributed by atoms with Crippen LogP contribution in [0.1, 0.15) is 18.5 Å². The molecule has 0 aliphatic carbocycles. The average Bonchev–Trinajstić information content (AvgIpc) is 2.55. The van der Waals surface area contributed by atoms with Gasteiger partial charge in [-0.2, -0.15) is 0 Å². The smallest absolute Gasteiger partial charge is 0.423 e.